The summed E-state index contributed by atoms with van der Waals surface area (Å²) in [6.07, 6.45) is 3.23. The number of nitrogens with one attached hydrogen (secondary N) is 1. The van der Waals surface area contributed by atoms with Crippen molar-refractivity contribution in [3.8, 4) is 0 Å². The quantitative estimate of drug-likeness (QED) is 0.636. The van der Waals surface area contributed by atoms with Gasteiger partial charge in [-0.15, -0.1) is 21.5 Å². The number of pyridine rings is 1. The molecule has 10 heteroatoms. The maximum atomic E-state index is 6.21. The smallest absolute Gasteiger partial charge is 0.170 e. The first-order valence-corrected chi connectivity index (χ1v) is 12.2. The van der Waals surface area contributed by atoms with Crippen molar-refractivity contribution in [2.45, 2.75) is 51.4 Å². The second-order valence-electron chi connectivity index (χ2n) is 9.33. The third kappa shape index (κ3) is 3.59. The average molecular weight is 457 g/mol. The molecular weight excluding hydrogens is 428 g/mol. The molecule has 9 nitrogen and oxygen atoms in total. The number of fused-ring (bicyclic) bond motifs is 5. The van der Waals surface area contributed by atoms with E-state index in [1.54, 1.807) is 11.3 Å². The fourth-order valence-electron chi connectivity index (χ4n) is 4.88. The van der Waals surface area contributed by atoms with Crippen LogP contribution in [0.1, 0.15) is 37.8 Å². The molecule has 3 aliphatic heterocycles. The lowest BCUT2D eigenvalue weighted by Crippen LogP contribution is -2.39. The van der Waals surface area contributed by atoms with Crippen molar-refractivity contribution >= 4 is 43.4 Å². The first-order valence-electron chi connectivity index (χ1n) is 11.4. The zero-order valence-electron chi connectivity index (χ0n) is 18.5. The summed E-state index contributed by atoms with van der Waals surface area (Å²) in [6.45, 7) is 9.54. The normalized spacial score (nSPS) is 23.1. The molecule has 1 atom stereocenters. The largest absolute Gasteiger partial charge is 0.378 e. The van der Waals surface area contributed by atoms with Crippen LogP contribution in [0.2, 0.25) is 0 Å². The van der Waals surface area contributed by atoms with Crippen LogP contribution in [0.5, 0.6) is 0 Å². The van der Waals surface area contributed by atoms with Crippen LogP contribution >= 0.6 is 11.3 Å². The van der Waals surface area contributed by atoms with Gasteiger partial charge in [-0.05, 0) is 37.5 Å². The molecule has 0 aromatic carbocycles. The highest BCUT2D eigenvalue weighted by molar-refractivity contribution is 7.26. The molecule has 2 fully saturated rings. The van der Waals surface area contributed by atoms with Crippen molar-refractivity contribution in [3.63, 3.8) is 0 Å². The highest BCUT2D eigenvalue weighted by atomic mass is 32.1. The first-order chi connectivity index (χ1) is 15.6. The summed E-state index contributed by atoms with van der Waals surface area (Å²) in [5.41, 5.74) is 3.10. The van der Waals surface area contributed by atoms with Crippen molar-refractivity contribution in [2.24, 2.45) is 0 Å². The van der Waals surface area contributed by atoms with Crippen LogP contribution < -0.4 is 10.2 Å². The Hall–Kier alpha value is -2.14. The molecule has 32 heavy (non-hydrogen) atoms. The Morgan fingerprint density at radius 2 is 2.03 bits per heavy atom. The van der Waals surface area contributed by atoms with Crippen LogP contribution in [0.3, 0.4) is 0 Å². The van der Waals surface area contributed by atoms with Crippen LogP contribution in [0.4, 0.5) is 11.6 Å². The molecule has 0 amide bonds. The lowest BCUT2D eigenvalue weighted by atomic mass is 9.90. The molecule has 6 heterocycles. The minimum Gasteiger partial charge on any atom is -0.378 e. The summed E-state index contributed by atoms with van der Waals surface area (Å²) in [5.74, 6) is 1.79. The first kappa shape index (κ1) is 20.5. The van der Waals surface area contributed by atoms with E-state index in [2.05, 4.69) is 39.5 Å². The van der Waals surface area contributed by atoms with Gasteiger partial charge < -0.3 is 24.4 Å². The second-order valence-corrected chi connectivity index (χ2v) is 10.3. The molecule has 3 aromatic heterocycles. The monoisotopic (exact) mass is 456 g/mol. The van der Waals surface area contributed by atoms with Gasteiger partial charge in [0.25, 0.3) is 0 Å². The van der Waals surface area contributed by atoms with Gasteiger partial charge in [-0.3, -0.25) is 0 Å². The Balaban J connectivity index is 1.49. The van der Waals surface area contributed by atoms with Gasteiger partial charge in [-0.25, -0.2) is 4.98 Å². The van der Waals surface area contributed by atoms with Gasteiger partial charge >= 0.3 is 0 Å². The Morgan fingerprint density at radius 1 is 1.16 bits per heavy atom. The van der Waals surface area contributed by atoms with Crippen LogP contribution in [-0.4, -0.2) is 71.6 Å². The number of thiophene rings is 1. The fourth-order valence-corrected chi connectivity index (χ4v) is 5.98. The average Bonchev–Trinajstić information content (AvgIpc) is 3.45. The SMILES string of the molecule is CC1(C)Cc2c(c(N3CCOCC3)nc3sc4c(NC[C@H]5CCCO5)nnnc4c23)CO1. The van der Waals surface area contributed by atoms with Crippen molar-refractivity contribution in [3.05, 3.63) is 11.1 Å². The number of rotatable bonds is 4. The van der Waals surface area contributed by atoms with Crippen molar-refractivity contribution in [2.75, 3.05) is 49.7 Å². The Bertz CT molecular complexity index is 1150. The number of ether oxygens (including phenoxy) is 3. The minimum atomic E-state index is -0.237. The fraction of sp³-hybridized carbons (Fsp3) is 0.636. The number of anilines is 2. The molecule has 170 valence electrons. The van der Waals surface area contributed by atoms with Crippen LogP contribution in [0.15, 0.2) is 0 Å². The molecule has 2 saturated heterocycles. The second kappa shape index (κ2) is 8.02. The Kier molecular flexibility index (Phi) is 5.13. The van der Waals surface area contributed by atoms with E-state index < -0.39 is 0 Å². The number of hydrogen-bond acceptors (Lipinski definition) is 10. The molecule has 0 aliphatic carbocycles. The van der Waals surface area contributed by atoms with Gasteiger partial charge in [0.15, 0.2) is 5.82 Å². The third-order valence-corrected chi connectivity index (χ3v) is 7.63. The minimum absolute atomic E-state index is 0.228. The maximum Gasteiger partial charge on any atom is 0.170 e. The molecule has 0 spiro atoms. The molecule has 3 aromatic rings. The number of nitrogens with zero attached hydrogens (tertiary/aromatic N) is 5. The highest BCUT2D eigenvalue weighted by Gasteiger charge is 2.33. The third-order valence-electron chi connectivity index (χ3n) is 6.55. The van der Waals surface area contributed by atoms with E-state index in [0.29, 0.717) is 6.61 Å². The summed E-state index contributed by atoms with van der Waals surface area (Å²) >= 11 is 1.64. The predicted molar refractivity (Wildman–Crippen MR) is 124 cm³/mol. The highest BCUT2D eigenvalue weighted by Crippen LogP contribution is 2.43. The van der Waals surface area contributed by atoms with Crippen molar-refractivity contribution < 1.29 is 14.2 Å². The van der Waals surface area contributed by atoms with E-state index in [-0.39, 0.29) is 11.7 Å². The van der Waals surface area contributed by atoms with Gasteiger partial charge in [0.2, 0.25) is 0 Å². The molecule has 1 N–H and O–H groups in total. The van der Waals surface area contributed by atoms with E-state index in [0.717, 1.165) is 90.8 Å². The number of aromatic nitrogens is 4. The standard InChI is InChI=1S/C22H28N6O3S/c1-22(2)10-14-15(12-31-22)20(28-5-8-29-9-6-28)24-21-16(14)17-18(32-21)19(26-27-25-17)23-11-13-4-3-7-30-13/h13H,3-12H2,1-2H3,(H,23,25,26)/t13-/m1/s1. The number of hydrogen-bond donors (Lipinski definition) is 1. The van der Waals surface area contributed by atoms with Crippen molar-refractivity contribution in [1.29, 1.82) is 0 Å². The molecule has 0 unspecified atom stereocenters. The maximum absolute atomic E-state index is 6.21. The summed E-state index contributed by atoms with van der Waals surface area (Å²) in [7, 11) is 0. The topological polar surface area (TPSA) is 94.5 Å². The summed E-state index contributed by atoms with van der Waals surface area (Å²) < 4.78 is 18.6. The summed E-state index contributed by atoms with van der Waals surface area (Å²) in [4.78, 5) is 8.45. The molecule has 6 rings (SSSR count). The zero-order chi connectivity index (χ0) is 21.7. The zero-order valence-corrected chi connectivity index (χ0v) is 19.3. The van der Waals surface area contributed by atoms with Crippen LogP contribution in [0.25, 0.3) is 20.4 Å². The molecule has 0 saturated carbocycles. The van der Waals surface area contributed by atoms with E-state index in [1.807, 2.05) is 0 Å². The van der Waals surface area contributed by atoms with Crippen LogP contribution in [-0.2, 0) is 27.2 Å². The van der Waals surface area contributed by atoms with E-state index >= 15 is 0 Å². The molecule has 0 bridgehead atoms. The van der Waals surface area contributed by atoms with Gasteiger partial charge in [0, 0.05) is 43.6 Å². The van der Waals surface area contributed by atoms with Gasteiger partial charge in [-0.2, -0.15) is 0 Å². The van der Waals surface area contributed by atoms with Gasteiger partial charge in [0.05, 0.1) is 31.5 Å². The van der Waals surface area contributed by atoms with E-state index in [1.165, 1.54) is 11.1 Å². The molecule has 3 aliphatic rings. The van der Waals surface area contributed by atoms with Crippen LogP contribution in [0, 0.1) is 0 Å². The lowest BCUT2D eigenvalue weighted by Gasteiger charge is -2.36. The summed E-state index contributed by atoms with van der Waals surface area (Å²) in [6, 6.07) is 0. The summed E-state index contributed by atoms with van der Waals surface area (Å²) in [5, 5.41) is 17.4. The molecular formula is C22H28N6O3S. The predicted octanol–water partition coefficient (Wildman–Crippen LogP) is 2.91. The molecule has 0 radical (unpaired) electrons. The number of morpholine rings is 1. The van der Waals surface area contributed by atoms with Crippen molar-refractivity contribution in [1.82, 2.24) is 20.4 Å². The Morgan fingerprint density at radius 3 is 2.84 bits per heavy atom. The van der Waals surface area contributed by atoms with Gasteiger partial charge in [0.1, 0.15) is 20.9 Å². The van der Waals surface area contributed by atoms with Gasteiger partial charge in [-0.1, -0.05) is 0 Å². The lowest BCUT2D eigenvalue weighted by molar-refractivity contribution is -0.0396. The van der Waals surface area contributed by atoms with E-state index in [4.69, 9.17) is 19.2 Å². The Labute approximate surface area is 190 Å². The van der Waals surface area contributed by atoms with E-state index in [9.17, 15) is 0 Å².